The van der Waals surface area contributed by atoms with Crippen molar-refractivity contribution in [2.24, 2.45) is 7.05 Å². The third-order valence-electron chi connectivity index (χ3n) is 5.73. The van der Waals surface area contributed by atoms with E-state index in [-0.39, 0.29) is 5.41 Å². The van der Waals surface area contributed by atoms with E-state index in [2.05, 4.69) is 72.3 Å². The number of nitrogens with zero attached hydrogens (tertiary/aromatic N) is 7. The molecule has 0 radical (unpaired) electrons. The molecule has 0 atom stereocenters. The van der Waals surface area contributed by atoms with Gasteiger partial charge in [0.2, 0.25) is 0 Å². The molecule has 1 fully saturated rings. The minimum atomic E-state index is -0.0292. The molecule has 172 valence electrons. The van der Waals surface area contributed by atoms with Crippen molar-refractivity contribution in [2.45, 2.75) is 70.9 Å². The lowest BCUT2D eigenvalue weighted by atomic mass is 9.95. The van der Waals surface area contributed by atoms with Crippen LogP contribution >= 0.6 is 11.8 Å². The molecular weight excluding hydrogens is 406 g/mol. The van der Waals surface area contributed by atoms with E-state index in [0.29, 0.717) is 0 Å². The van der Waals surface area contributed by atoms with Crippen LogP contribution in [-0.4, -0.2) is 68.1 Å². The molecule has 1 aliphatic heterocycles. The minimum Gasteiger partial charge on any atom is -0.354 e. The van der Waals surface area contributed by atoms with Crippen molar-refractivity contribution in [3.8, 4) is 0 Å². The van der Waals surface area contributed by atoms with E-state index in [1.54, 1.807) is 0 Å². The molecule has 0 N–H and O–H groups in total. The number of hydrogen-bond acceptors (Lipinski definition) is 7. The molecule has 0 aliphatic carbocycles. The van der Waals surface area contributed by atoms with E-state index < -0.39 is 0 Å². The lowest BCUT2D eigenvalue weighted by Gasteiger charge is -2.36. The lowest BCUT2D eigenvalue weighted by molar-refractivity contribution is 0.258. The van der Waals surface area contributed by atoms with Crippen LogP contribution < -0.4 is 4.90 Å². The van der Waals surface area contributed by atoms with Gasteiger partial charge in [0.25, 0.3) is 0 Å². The van der Waals surface area contributed by atoms with Gasteiger partial charge in [0.1, 0.15) is 17.5 Å². The van der Waals surface area contributed by atoms with Crippen molar-refractivity contribution in [1.82, 2.24) is 29.6 Å². The molecule has 2 aromatic heterocycles. The van der Waals surface area contributed by atoms with Crippen LogP contribution in [0.15, 0.2) is 11.2 Å². The van der Waals surface area contributed by atoms with Gasteiger partial charge >= 0.3 is 0 Å². The molecule has 0 aromatic carbocycles. The Hall–Kier alpha value is -1.67. The van der Waals surface area contributed by atoms with Crippen molar-refractivity contribution >= 4 is 17.6 Å². The Labute approximate surface area is 192 Å². The summed E-state index contributed by atoms with van der Waals surface area (Å²) in [5.74, 6) is 4.20. The Bertz CT molecular complexity index is 835. The van der Waals surface area contributed by atoms with Crippen LogP contribution in [0, 0.1) is 0 Å². The van der Waals surface area contributed by atoms with Gasteiger partial charge in [-0.25, -0.2) is 9.97 Å². The molecule has 1 aliphatic rings. The van der Waals surface area contributed by atoms with Crippen LogP contribution in [0.1, 0.15) is 64.8 Å². The van der Waals surface area contributed by atoms with Crippen LogP contribution in [-0.2, 0) is 25.3 Å². The van der Waals surface area contributed by atoms with Crippen LogP contribution in [0.5, 0.6) is 0 Å². The first kappa shape index (κ1) is 24.0. The fourth-order valence-electron chi connectivity index (χ4n) is 3.80. The summed E-state index contributed by atoms with van der Waals surface area (Å²) in [7, 11) is 2.06. The van der Waals surface area contributed by atoms with E-state index in [9.17, 15) is 0 Å². The average Bonchev–Trinajstić information content (AvgIpc) is 3.10. The number of thioether (sulfide) groups is 1. The number of aryl methyl sites for hydroxylation is 2. The lowest BCUT2D eigenvalue weighted by Crippen LogP contribution is -2.47. The predicted octanol–water partition coefficient (Wildman–Crippen LogP) is 3.72. The fourth-order valence-corrected chi connectivity index (χ4v) is 4.65. The molecule has 2 aromatic rings. The maximum atomic E-state index is 4.94. The molecule has 3 heterocycles. The standard InChI is InChI=1S/C23H39N7S/c1-7-10-18-17-20(25-21(24-18)23(3,4)5)30-14-12-29(13-15-30)11-9-16-31-22-27-26-19(8-2)28(22)6/h17H,7-16H2,1-6H3. The van der Waals surface area contributed by atoms with Crippen LogP contribution in [0.4, 0.5) is 5.82 Å². The number of piperazine rings is 1. The first-order valence-corrected chi connectivity index (χ1v) is 12.7. The molecule has 0 spiro atoms. The van der Waals surface area contributed by atoms with Gasteiger partial charge in [-0.3, -0.25) is 4.90 Å². The van der Waals surface area contributed by atoms with E-state index in [1.165, 1.54) is 12.1 Å². The molecule has 0 bridgehead atoms. The molecule has 1 saturated heterocycles. The Morgan fingerprint density at radius 2 is 1.77 bits per heavy atom. The first-order valence-electron chi connectivity index (χ1n) is 11.7. The summed E-state index contributed by atoms with van der Waals surface area (Å²) < 4.78 is 2.11. The molecular formula is C23H39N7S. The smallest absolute Gasteiger partial charge is 0.190 e. The molecule has 3 rings (SSSR count). The predicted molar refractivity (Wildman–Crippen MR) is 129 cm³/mol. The minimum absolute atomic E-state index is 0.0292. The molecule has 31 heavy (non-hydrogen) atoms. The van der Waals surface area contributed by atoms with Gasteiger partial charge in [-0.15, -0.1) is 10.2 Å². The van der Waals surface area contributed by atoms with Gasteiger partial charge < -0.3 is 9.47 Å². The normalized spacial score (nSPS) is 15.6. The van der Waals surface area contributed by atoms with Gasteiger partial charge in [-0.2, -0.15) is 0 Å². The maximum absolute atomic E-state index is 4.94. The number of anilines is 1. The van der Waals surface area contributed by atoms with Gasteiger partial charge in [0.05, 0.1) is 0 Å². The van der Waals surface area contributed by atoms with Crippen molar-refractivity contribution in [3.63, 3.8) is 0 Å². The molecule has 0 saturated carbocycles. The van der Waals surface area contributed by atoms with Crippen LogP contribution in [0.25, 0.3) is 0 Å². The highest BCUT2D eigenvalue weighted by molar-refractivity contribution is 7.99. The number of aromatic nitrogens is 5. The topological polar surface area (TPSA) is 63.0 Å². The van der Waals surface area contributed by atoms with E-state index >= 15 is 0 Å². The second-order valence-corrected chi connectivity index (χ2v) is 10.4. The van der Waals surface area contributed by atoms with Crippen molar-refractivity contribution in [2.75, 3.05) is 43.4 Å². The van der Waals surface area contributed by atoms with Crippen LogP contribution in [0.2, 0.25) is 0 Å². The maximum Gasteiger partial charge on any atom is 0.190 e. The molecule has 8 heteroatoms. The van der Waals surface area contributed by atoms with Crippen molar-refractivity contribution < 1.29 is 0 Å². The Balaban J connectivity index is 1.49. The Kier molecular flexibility index (Phi) is 8.33. The Morgan fingerprint density at radius 1 is 1.03 bits per heavy atom. The first-order chi connectivity index (χ1) is 14.8. The zero-order chi connectivity index (χ0) is 22.4. The summed E-state index contributed by atoms with van der Waals surface area (Å²) in [5.41, 5.74) is 1.14. The van der Waals surface area contributed by atoms with Gasteiger partial charge in [-0.05, 0) is 19.4 Å². The quantitative estimate of drug-likeness (QED) is 0.430. The zero-order valence-electron chi connectivity index (χ0n) is 20.2. The highest BCUT2D eigenvalue weighted by atomic mass is 32.2. The molecule has 0 unspecified atom stereocenters. The molecule has 7 nitrogen and oxygen atoms in total. The van der Waals surface area contributed by atoms with E-state index in [1.807, 2.05) is 11.8 Å². The van der Waals surface area contributed by atoms with Gasteiger partial charge in [0.15, 0.2) is 5.16 Å². The SMILES string of the molecule is CCCc1cc(N2CCN(CCCSc3nnc(CC)n3C)CC2)nc(C(C)(C)C)n1. The zero-order valence-corrected chi connectivity index (χ0v) is 21.0. The average molecular weight is 446 g/mol. The van der Waals surface area contributed by atoms with Gasteiger partial charge in [-0.1, -0.05) is 52.8 Å². The van der Waals surface area contributed by atoms with Crippen molar-refractivity contribution in [3.05, 3.63) is 23.4 Å². The third-order valence-corrected chi connectivity index (χ3v) is 6.84. The van der Waals surface area contributed by atoms with Crippen molar-refractivity contribution in [1.29, 1.82) is 0 Å². The second kappa shape index (κ2) is 10.8. The molecule has 0 amide bonds. The Morgan fingerprint density at radius 3 is 2.39 bits per heavy atom. The summed E-state index contributed by atoms with van der Waals surface area (Å²) in [5, 5.41) is 9.58. The summed E-state index contributed by atoms with van der Waals surface area (Å²) in [6.45, 7) is 16.3. The fraction of sp³-hybridized carbons (Fsp3) is 0.739. The monoisotopic (exact) mass is 445 g/mol. The third kappa shape index (κ3) is 6.42. The summed E-state index contributed by atoms with van der Waals surface area (Å²) in [6, 6.07) is 2.20. The summed E-state index contributed by atoms with van der Waals surface area (Å²) >= 11 is 1.81. The second-order valence-electron chi connectivity index (χ2n) is 9.38. The van der Waals surface area contributed by atoms with Gasteiger partial charge in [0, 0.05) is 62.6 Å². The largest absolute Gasteiger partial charge is 0.354 e. The highest BCUT2D eigenvalue weighted by Gasteiger charge is 2.23. The summed E-state index contributed by atoms with van der Waals surface area (Å²) in [6.07, 6.45) is 4.22. The van der Waals surface area contributed by atoms with E-state index in [4.69, 9.17) is 9.97 Å². The number of rotatable bonds is 9. The number of hydrogen-bond donors (Lipinski definition) is 0. The van der Waals surface area contributed by atoms with Crippen LogP contribution in [0.3, 0.4) is 0 Å². The highest BCUT2D eigenvalue weighted by Crippen LogP contribution is 2.24. The summed E-state index contributed by atoms with van der Waals surface area (Å²) in [4.78, 5) is 14.8. The van der Waals surface area contributed by atoms with E-state index in [0.717, 1.165) is 80.4 Å².